The maximum absolute atomic E-state index is 10.6. The summed E-state index contributed by atoms with van der Waals surface area (Å²) in [5, 5.41) is 8.69. The van der Waals surface area contributed by atoms with Crippen LogP contribution in [0.1, 0.15) is 25.0 Å². The lowest BCUT2D eigenvalue weighted by molar-refractivity contribution is -0.137. The molecule has 4 heteroatoms. The third-order valence-corrected chi connectivity index (χ3v) is 2.77. The van der Waals surface area contributed by atoms with E-state index in [0.717, 1.165) is 12.2 Å². The Kier molecular flexibility index (Phi) is 3.51. The number of carboxylic acids is 1. The van der Waals surface area contributed by atoms with Crippen molar-refractivity contribution in [3.8, 4) is 0 Å². The lowest BCUT2D eigenvalue weighted by atomic mass is 10.3. The van der Waals surface area contributed by atoms with E-state index in [4.69, 9.17) is 5.11 Å². The van der Waals surface area contributed by atoms with Gasteiger partial charge in [-0.2, -0.15) is 0 Å². The SMILES string of the molecule is O=C(O)CCN(Cc1ccccn1)C1CC1. The zero-order chi connectivity index (χ0) is 11.4. The summed E-state index contributed by atoms with van der Waals surface area (Å²) in [5.74, 6) is -0.730. The van der Waals surface area contributed by atoms with Gasteiger partial charge in [-0.25, -0.2) is 0 Å². The Balaban J connectivity index is 1.90. The topological polar surface area (TPSA) is 53.4 Å². The number of carbonyl (C=O) groups is 1. The van der Waals surface area contributed by atoms with E-state index in [2.05, 4.69) is 9.88 Å². The van der Waals surface area contributed by atoms with Crippen LogP contribution in [-0.4, -0.2) is 33.5 Å². The molecule has 1 aliphatic rings. The molecular formula is C12H16N2O2. The molecule has 1 aliphatic carbocycles. The Hall–Kier alpha value is -1.42. The fourth-order valence-corrected chi connectivity index (χ4v) is 1.77. The third kappa shape index (κ3) is 3.31. The average molecular weight is 220 g/mol. The second-order valence-electron chi connectivity index (χ2n) is 4.17. The van der Waals surface area contributed by atoms with Crippen LogP contribution in [0, 0.1) is 0 Å². The lowest BCUT2D eigenvalue weighted by Crippen LogP contribution is -2.28. The minimum atomic E-state index is -0.730. The van der Waals surface area contributed by atoms with Crippen molar-refractivity contribution >= 4 is 5.97 Å². The number of pyridine rings is 1. The van der Waals surface area contributed by atoms with E-state index >= 15 is 0 Å². The predicted molar refractivity (Wildman–Crippen MR) is 59.9 cm³/mol. The number of aromatic nitrogens is 1. The van der Waals surface area contributed by atoms with Crippen LogP contribution in [0.4, 0.5) is 0 Å². The zero-order valence-electron chi connectivity index (χ0n) is 9.17. The van der Waals surface area contributed by atoms with Crippen molar-refractivity contribution in [2.24, 2.45) is 0 Å². The summed E-state index contributed by atoms with van der Waals surface area (Å²) in [4.78, 5) is 17.0. The largest absolute Gasteiger partial charge is 0.481 e. The van der Waals surface area contributed by atoms with Crippen molar-refractivity contribution in [3.05, 3.63) is 30.1 Å². The molecule has 1 aromatic heterocycles. The van der Waals surface area contributed by atoms with Gasteiger partial charge in [-0.1, -0.05) is 6.07 Å². The average Bonchev–Trinajstić information content (AvgIpc) is 3.09. The summed E-state index contributed by atoms with van der Waals surface area (Å²) >= 11 is 0. The standard InChI is InChI=1S/C12H16N2O2/c15-12(16)6-8-14(11-4-5-11)9-10-3-1-2-7-13-10/h1-3,7,11H,4-6,8-9H2,(H,15,16). The van der Waals surface area contributed by atoms with Crippen molar-refractivity contribution in [2.75, 3.05) is 6.54 Å². The first-order valence-electron chi connectivity index (χ1n) is 5.61. The van der Waals surface area contributed by atoms with Crippen molar-refractivity contribution in [1.29, 1.82) is 0 Å². The van der Waals surface area contributed by atoms with Gasteiger partial charge in [0.05, 0.1) is 12.1 Å². The van der Waals surface area contributed by atoms with E-state index in [1.807, 2.05) is 18.2 Å². The van der Waals surface area contributed by atoms with Crippen LogP contribution < -0.4 is 0 Å². The molecule has 1 N–H and O–H groups in total. The lowest BCUT2D eigenvalue weighted by Gasteiger charge is -2.20. The molecule has 0 radical (unpaired) electrons. The number of hydrogen-bond donors (Lipinski definition) is 1. The summed E-state index contributed by atoms with van der Waals surface area (Å²) in [6, 6.07) is 6.41. The predicted octanol–water partition coefficient (Wildman–Crippen LogP) is 1.52. The Morgan fingerprint density at radius 3 is 2.88 bits per heavy atom. The molecule has 1 aromatic rings. The molecule has 16 heavy (non-hydrogen) atoms. The molecule has 0 saturated heterocycles. The maximum atomic E-state index is 10.6. The Morgan fingerprint density at radius 1 is 1.50 bits per heavy atom. The molecule has 0 aliphatic heterocycles. The summed E-state index contributed by atoms with van der Waals surface area (Å²) < 4.78 is 0. The first-order valence-corrected chi connectivity index (χ1v) is 5.61. The van der Waals surface area contributed by atoms with Gasteiger partial charge in [-0.3, -0.25) is 14.7 Å². The van der Waals surface area contributed by atoms with Crippen LogP contribution in [0.5, 0.6) is 0 Å². The first-order chi connectivity index (χ1) is 7.75. The molecule has 2 rings (SSSR count). The van der Waals surface area contributed by atoms with E-state index in [0.29, 0.717) is 12.6 Å². The highest BCUT2D eigenvalue weighted by Crippen LogP contribution is 2.28. The molecule has 0 spiro atoms. The second-order valence-corrected chi connectivity index (χ2v) is 4.17. The highest BCUT2D eigenvalue weighted by atomic mass is 16.4. The maximum Gasteiger partial charge on any atom is 0.304 e. The summed E-state index contributed by atoms with van der Waals surface area (Å²) in [7, 11) is 0. The van der Waals surface area contributed by atoms with Gasteiger partial charge < -0.3 is 5.11 Å². The Labute approximate surface area is 94.9 Å². The van der Waals surface area contributed by atoms with Gasteiger partial charge in [0.2, 0.25) is 0 Å². The van der Waals surface area contributed by atoms with Gasteiger partial charge in [0.15, 0.2) is 0 Å². The van der Waals surface area contributed by atoms with Crippen LogP contribution in [-0.2, 0) is 11.3 Å². The second kappa shape index (κ2) is 5.07. The van der Waals surface area contributed by atoms with Gasteiger partial charge in [0.25, 0.3) is 0 Å². The van der Waals surface area contributed by atoms with Crippen LogP contribution in [0.2, 0.25) is 0 Å². The van der Waals surface area contributed by atoms with E-state index in [-0.39, 0.29) is 6.42 Å². The summed E-state index contributed by atoms with van der Waals surface area (Å²) in [6.07, 6.45) is 4.36. The fraction of sp³-hybridized carbons (Fsp3) is 0.500. The van der Waals surface area contributed by atoms with Crippen molar-refractivity contribution in [3.63, 3.8) is 0 Å². The first kappa shape index (κ1) is 11.1. The molecule has 1 saturated carbocycles. The minimum Gasteiger partial charge on any atom is -0.481 e. The zero-order valence-corrected chi connectivity index (χ0v) is 9.17. The van der Waals surface area contributed by atoms with Gasteiger partial charge in [-0.05, 0) is 25.0 Å². The van der Waals surface area contributed by atoms with Gasteiger partial charge >= 0.3 is 5.97 Å². The molecule has 0 amide bonds. The van der Waals surface area contributed by atoms with Crippen LogP contribution >= 0.6 is 0 Å². The van der Waals surface area contributed by atoms with E-state index in [9.17, 15) is 4.79 Å². The number of hydrogen-bond acceptors (Lipinski definition) is 3. The van der Waals surface area contributed by atoms with Crippen LogP contribution in [0.25, 0.3) is 0 Å². The number of aliphatic carboxylic acids is 1. The molecule has 1 heterocycles. The smallest absolute Gasteiger partial charge is 0.304 e. The van der Waals surface area contributed by atoms with E-state index in [1.54, 1.807) is 6.20 Å². The minimum absolute atomic E-state index is 0.212. The van der Waals surface area contributed by atoms with Gasteiger partial charge in [-0.15, -0.1) is 0 Å². The van der Waals surface area contributed by atoms with Crippen molar-refractivity contribution in [2.45, 2.75) is 31.8 Å². The third-order valence-electron chi connectivity index (χ3n) is 2.77. The number of carboxylic acid groups (broad SMARTS) is 1. The molecule has 4 nitrogen and oxygen atoms in total. The van der Waals surface area contributed by atoms with E-state index < -0.39 is 5.97 Å². The van der Waals surface area contributed by atoms with Crippen LogP contribution in [0.15, 0.2) is 24.4 Å². The number of nitrogens with zero attached hydrogens (tertiary/aromatic N) is 2. The summed E-state index contributed by atoms with van der Waals surface area (Å²) in [5.41, 5.74) is 1.01. The molecule has 1 fully saturated rings. The Bertz CT molecular complexity index is 349. The molecule has 0 atom stereocenters. The van der Waals surface area contributed by atoms with E-state index in [1.165, 1.54) is 12.8 Å². The monoisotopic (exact) mass is 220 g/mol. The normalized spacial score (nSPS) is 15.3. The summed E-state index contributed by atoms with van der Waals surface area (Å²) in [6.45, 7) is 1.38. The number of rotatable bonds is 6. The quantitative estimate of drug-likeness (QED) is 0.789. The fourth-order valence-electron chi connectivity index (χ4n) is 1.77. The molecule has 0 unspecified atom stereocenters. The molecule has 0 aromatic carbocycles. The van der Waals surface area contributed by atoms with Gasteiger partial charge in [0.1, 0.15) is 0 Å². The van der Waals surface area contributed by atoms with Crippen molar-refractivity contribution in [1.82, 2.24) is 9.88 Å². The Morgan fingerprint density at radius 2 is 2.31 bits per heavy atom. The molecular weight excluding hydrogens is 204 g/mol. The van der Waals surface area contributed by atoms with Gasteiger partial charge in [0, 0.05) is 25.3 Å². The highest BCUT2D eigenvalue weighted by molar-refractivity contribution is 5.66. The highest BCUT2D eigenvalue weighted by Gasteiger charge is 2.29. The molecule has 86 valence electrons. The van der Waals surface area contributed by atoms with Crippen molar-refractivity contribution < 1.29 is 9.90 Å². The van der Waals surface area contributed by atoms with Crippen LogP contribution in [0.3, 0.4) is 0 Å². The molecule has 0 bridgehead atoms.